The number of nitrogens with one attached hydrogen (secondary N) is 2. The van der Waals surface area contributed by atoms with Crippen LogP contribution in [0.4, 0.5) is 16.2 Å². The fourth-order valence-electron chi connectivity index (χ4n) is 2.99. The normalized spacial score (nSPS) is 13.8. The maximum atomic E-state index is 12.1. The smallest absolute Gasteiger partial charge is 0.323 e. The molecule has 138 valence electrons. The van der Waals surface area contributed by atoms with Gasteiger partial charge in [-0.3, -0.25) is 0 Å². The van der Waals surface area contributed by atoms with Crippen LogP contribution in [0.3, 0.4) is 0 Å². The van der Waals surface area contributed by atoms with E-state index in [1.807, 2.05) is 48.5 Å². The zero-order valence-electron chi connectivity index (χ0n) is 15.2. The van der Waals surface area contributed by atoms with Crippen molar-refractivity contribution in [1.29, 1.82) is 0 Å². The topological polar surface area (TPSA) is 80.0 Å². The molecule has 0 atom stereocenters. The van der Waals surface area contributed by atoms with Crippen LogP contribution in [0.25, 0.3) is 11.4 Å². The molecule has 0 aliphatic heterocycles. The molecule has 0 radical (unpaired) electrons. The average molecular weight is 362 g/mol. The molecule has 0 unspecified atom stereocenters. The first-order chi connectivity index (χ1) is 13.2. The van der Waals surface area contributed by atoms with Gasteiger partial charge in [-0.15, -0.1) is 0 Å². The molecule has 0 saturated heterocycles. The van der Waals surface area contributed by atoms with Gasteiger partial charge in [-0.05, 0) is 61.2 Å². The summed E-state index contributed by atoms with van der Waals surface area (Å²) in [6, 6.07) is 14.9. The van der Waals surface area contributed by atoms with Crippen LogP contribution in [0.2, 0.25) is 0 Å². The minimum atomic E-state index is -0.279. The molecule has 27 heavy (non-hydrogen) atoms. The quantitative estimate of drug-likeness (QED) is 0.653. The molecule has 0 spiro atoms. The number of urea groups is 1. The van der Waals surface area contributed by atoms with Gasteiger partial charge in [-0.1, -0.05) is 30.6 Å². The van der Waals surface area contributed by atoms with Crippen molar-refractivity contribution in [2.45, 2.75) is 38.5 Å². The van der Waals surface area contributed by atoms with Crippen molar-refractivity contribution in [3.8, 4) is 11.4 Å². The van der Waals surface area contributed by atoms with Crippen LogP contribution < -0.4 is 10.6 Å². The molecular weight excluding hydrogens is 340 g/mol. The summed E-state index contributed by atoms with van der Waals surface area (Å²) in [4.78, 5) is 16.6. The first-order valence-electron chi connectivity index (χ1n) is 9.32. The molecule has 4 rings (SSSR count). The number of hydrogen-bond acceptors (Lipinski definition) is 4. The van der Waals surface area contributed by atoms with E-state index in [1.54, 1.807) is 0 Å². The molecule has 1 fully saturated rings. The fourth-order valence-corrected chi connectivity index (χ4v) is 2.99. The molecule has 6 heteroatoms. The summed E-state index contributed by atoms with van der Waals surface area (Å²) < 4.78 is 5.36. The lowest BCUT2D eigenvalue weighted by Crippen LogP contribution is -2.19. The Balaban J connectivity index is 1.36. The Morgan fingerprint density at radius 1 is 1.04 bits per heavy atom. The van der Waals surface area contributed by atoms with Gasteiger partial charge in [0.15, 0.2) is 0 Å². The molecule has 1 aliphatic carbocycles. The van der Waals surface area contributed by atoms with Gasteiger partial charge in [0, 0.05) is 22.9 Å². The standard InChI is InChI=1S/C21H22N4O2/c1-2-14-6-10-17(11-7-14)22-21(26)23-18-12-8-15(9-13-18)19-24-20(27-25-19)16-4-3-5-16/h6-13,16H,2-5H2,1H3,(H2,22,23,26). The average Bonchev–Trinajstić information content (AvgIpc) is 3.11. The largest absolute Gasteiger partial charge is 0.339 e. The van der Waals surface area contributed by atoms with Gasteiger partial charge in [0.05, 0.1) is 0 Å². The van der Waals surface area contributed by atoms with Crippen molar-refractivity contribution in [2.24, 2.45) is 0 Å². The fraction of sp³-hybridized carbons (Fsp3) is 0.286. The summed E-state index contributed by atoms with van der Waals surface area (Å²) >= 11 is 0. The third kappa shape index (κ3) is 4.00. The summed E-state index contributed by atoms with van der Waals surface area (Å²) in [5.41, 5.74) is 3.56. The van der Waals surface area contributed by atoms with Crippen LogP contribution >= 0.6 is 0 Å². The Morgan fingerprint density at radius 2 is 1.67 bits per heavy atom. The molecule has 0 bridgehead atoms. The monoisotopic (exact) mass is 362 g/mol. The van der Waals surface area contributed by atoms with E-state index in [0.717, 1.165) is 36.4 Å². The second-order valence-electron chi connectivity index (χ2n) is 6.79. The van der Waals surface area contributed by atoms with E-state index in [-0.39, 0.29) is 6.03 Å². The molecule has 1 heterocycles. The Morgan fingerprint density at radius 3 is 2.22 bits per heavy atom. The molecule has 2 amide bonds. The van der Waals surface area contributed by atoms with Gasteiger partial charge in [-0.2, -0.15) is 4.98 Å². The first-order valence-corrected chi connectivity index (χ1v) is 9.32. The van der Waals surface area contributed by atoms with E-state index in [9.17, 15) is 4.79 Å². The number of nitrogens with zero attached hydrogens (tertiary/aromatic N) is 2. The van der Waals surface area contributed by atoms with Crippen molar-refractivity contribution in [1.82, 2.24) is 10.1 Å². The van der Waals surface area contributed by atoms with Crippen LogP contribution in [0.15, 0.2) is 53.1 Å². The Kier molecular flexibility index (Phi) is 4.87. The van der Waals surface area contributed by atoms with Crippen molar-refractivity contribution in [3.05, 3.63) is 60.0 Å². The Hall–Kier alpha value is -3.15. The highest BCUT2D eigenvalue weighted by Gasteiger charge is 2.25. The van der Waals surface area contributed by atoms with E-state index < -0.39 is 0 Å². The second kappa shape index (κ2) is 7.61. The van der Waals surface area contributed by atoms with Crippen LogP contribution in [0, 0.1) is 0 Å². The van der Waals surface area contributed by atoms with Crippen molar-refractivity contribution in [2.75, 3.05) is 10.6 Å². The van der Waals surface area contributed by atoms with Crippen LogP contribution in [-0.4, -0.2) is 16.2 Å². The molecule has 2 aromatic carbocycles. The zero-order chi connectivity index (χ0) is 18.6. The third-order valence-corrected chi connectivity index (χ3v) is 4.92. The van der Waals surface area contributed by atoms with E-state index in [0.29, 0.717) is 17.4 Å². The van der Waals surface area contributed by atoms with Gasteiger partial charge in [-0.25, -0.2) is 4.79 Å². The summed E-state index contributed by atoms with van der Waals surface area (Å²) in [7, 11) is 0. The van der Waals surface area contributed by atoms with Crippen molar-refractivity contribution in [3.63, 3.8) is 0 Å². The van der Waals surface area contributed by atoms with Gasteiger partial charge in [0.25, 0.3) is 0 Å². The van der Waals surface area contributed by atoms with E-state index in [2.05, 4.69) is 27.7 Å². The Bertz CT molecular complexity index is 912. The molecule has 6 nitrogen and oxygen atoms in total. The highest BCUT2D eigenvalue weighted by molar-refractivity contribution is 5.99. The van der Waals surface area contributed by atoms with Crippen molar-refractivity contribution >= 4 is 17.4 Å². The van der Waals surface area contributed by atoms with Crippen LogP contribution in [0.5, 0.6) is 0 Å². The van der Waals surface area contributed by atoms with Gasteiger partial charge in [0.2, 0.25) is 11.7 Å². The molecular formula is C21H22N4O2. The maximum absolute atomic E-state index is 12.1. The SMILES string of the molecule is CCc1ccc(NC(=O)Nc2ccc(-c3noc(C4CCC4)n3)cc2)cc1. The third-order valence-electron chi connectivity index (χ3n) is 4.92. The maximum Gasteiger partial charge on any atom is 0.323 e. The lowest BCUT2D eigenvalue weighted by Gasteiger charge is -2.20. The van der Waals surface area contributed by atoms with Crippen LogP contribution in [0.1, 0.15) is 43.6 Å². The summed E-state index contributed by atoms with van der Waals surface area (Å²) in [5, 5.41) is 9.72. The minimum Gasteiger partial charge on any atom is -0.339 e. The number of benzene rings is 2. The number of hydrogen-bond donors (Lipinski definition) is 2. The number of rotatable bonds is 5. The predicted octanol–water partition coefficient (Wildman–Crippen LogP) is 5.21. The highest BCUT2D eigenvalue weighted by Crippen LogP contribution is 2.36. The number of aromatic nitrogens is 2. The van der Waals surface area contributed by atoms with Gasteiger partial charge >= 0.3 is 6.03 Å². The van der Waals surface area contributed by atoms with Gasteiger partial charge in [0.1, 0.15) is 0 Å². The number of aryl methyl sites for hydroxylation is 1. The summed E-state index contributed by atoms with van der Waals surface area (Å²) in [6.45, 7) is 2.10. The molecule has 1 aromatic heterocycles. The van der Waals surface area contributed by atoms with Gasteiger partial charge < -0.3 is 15.2 Å². The number of carbonyl (C=O) groups is 1. The molecule has 2 N–H and O–H groups in total. The van der Waals surface area contributed by atoms with Crippen molar-refractivity contribution < 1.29 is 9.32 Å². The number of amides is 2. The van der Waals surface area contributed by atoms with E-state index in [1.165, 1.54) is 12.0 Å². The first kappa shape index (κ1) is 17.3. The number of anilines is 2. The van der Waals surface area contributed by atoms with E-state index in [4.69, 9.17) is 4.52 Å². The minimum absolute atomic E-state index is 0.279. The molecule has 1 saturated carbocycles. The highest BCUT2D eigenvalue weighted by atomic mass is 16.5. The predicted molar refractivity (Wildman–Crippen MR) is 105 cm³/mol. The van der Waals surface area contributed by atoms with E-state index >= 15 is 0 Å². The number of carbonyl (C=O) groups excluding carboxylic acids is 1. The molecule has 1 aliphatic rings. The lowest BCUT2D eigenvalue weighted by atomic mass is 9.85. The summed E-state index contributed by atoms with van der Waals surface area (Å²) in [5.74, 6) is 1.73. The summed E-state index contributed by atoms with van der Waals surface area (Å²) in [6.07, 6.45) is 4.45. The zero-order valence-corrected chi connectivity index (χ0v) is 15.2. The molecule has 3 aromatic rings. The Labute approximate surface area is 158 Å². The lowest BCUT2D eigenvalue weighted by molar-refractivity contribution is 0.262. The second-order valence-corrected chi connectivity index (χ2v) is 6.79. The van der Waals surface area contributed by atoms with Crippen LogP contribution in [-0.2, 0) is 6.42 Å².